The summed E-state index contributed by atoms with van der Waals surface area (Å²) in [6.45, 7) is 6.61. The van der Waals surface area contributed by atoms with Crippen molar-refractivity contribution < 1.29 is 4.79 Å². The van der Waals surface area contributed by atoms with E-state index in [-0.39, 0.29) is 5.91 Å². The van der Waals surface area contributed by atoms with Gasteiger partial charge in [0.15, 0.2) is 0 Å². The number of nitrogens with zero attached hydrogens (tertiary/aromatic N) is 3. The van der Waals surface area contributed by atoms with E-state index < -0.39 is 0 Å². The highest BCUT2D eigenvalue weighted by molar-refractivity contribution is 6.01. The van der Waals surface area contributed by atoms with Gasteiger partial charge in [-0.15, -0.1) is 0 Å². The number of amides is 1. The third kappa shape index (κ3) is 7.02. The van der Waals surface area contributed by atoms with Crippen LogP contribution in [-0.4, -0.2) is 35.4 Å². The van der Waals surface area contributed by atoms with Crippen LogP contribution in [0.2, 0.25) is 0 Å². The van der Waals surface area contributed by atoms with Gasteiger partial charge in [-0.1, -0.05) is 92.2 Å². The number of carbonyl (C=O) groups is 1. The maximum absolute atomic E-state index is 12.7. The van der Waals surface area contributed by atoms with Crippen molar-refractivity contribution in [2.24, 2.45) is 5.92 Å². The topological polar surface area (TPSA) is 36.4 Å². The minimum absolute atomic E-state index is 0.0240. The third-order valence-corrected chi connectivity index (χ3v) is 7.09. The zero-order valence-corrected chi connectivity index (χ0v) is 21.1. The fourth-order valence-corrected chi connectivity index (χ4v) is 5.21. The zero-order valence-electron chi connectivity index (χ0n) is 21.1. The summed E-state index contributed by atoms with van der Waals surface area (Å²) in [5, 5.41) is 0. The SMILES string of the molecule is C=CC=CC(=O)N(CCCCC1CCN(C(c2ccccc2)c2ccccc2)CC1)c1cccnc1. The van der Waals surface area contributed by atoms with Gasteiger partial charge in [-0.05, 0) is 61.5 Å². The molecule has 0 radical (unpaired) electrons. The summed E-state index contributed by atoms with van der Waals surface area (Å²) >= 11 is 0. The first kappa shape index (κ1) is 25.6. The first-order valence-corrected chi connectivity index (χ1v) is 13.1. The second-order valence-electron chi connectivity index (χ2n) is 9.49. The van der Waals surface area contributed by atoms with Gasteiger partial charge < -0.3 is 4.90 Å². The quantitative estimate of drug-likeness (QED) is 0.172. The average Bonchev–Trinajstić information content (AvgIpc) is 2.94. The highest BCUT2D eigenvalue weighted by Crippen LogP contribution is 2.33. The van der Waals surface area contributed by atoms with E-state index in [0.717, 1.165) is 37.5 Å². The average molecular weight is 480 g/mol. The van der Waals surface area contributed by atoms with Crippen LogP contribution in [0, 0.1) is 5.92 Å². The second kappa shape index (κ2) is 13.6. The van der Waals surface area contributed by atoms with E-state index in [1.807, 2.05) is 17.0 Å². The van der Waals surface area contributed by atoms with Crippen LogP contribution >= 0.6 is 0 Å². The third-order valence-electron chi connectivity index (χ3n) is 7.09. The minimum Gasteiger partial charge on any atom is -0.307 e. The van der Waals surface area contributed by atoms with Crippen LogP contribution in [0.15, 0.2) is 110 Å². The summed E-state index contributed by atoms with van der Waals surface area (Å²) < 4.78 is 0. The Bertz CT molecular complexity index is 1050. The van der Waals surface area contributed by atoms with E-state index in [9.17, 15) is 4.79 Å². The summed E-state index contributed by atoms with van der Waals surface area (Å²) in [6.07, 6.45) is 14.2. The van der Waals surface area contributed by atoms with Gasteiger partial charge in [-0.25, -0.2) is 0 Å². The Kier molecular flexibility index (Phi) is 9.63. The fraction of sp³-hybridized carbons (Fsp3) is 0.312. The molecule has 0 N–H and O–H groups in total. The lowest BCUT2D eigenvalue weighted by Gasteiger charge is -2.38. The fourth-order valence-electron chi connectivity index (χ4n) is 5.21. The van der Waals surface area contributed by atoms with Crippen molar-refractivity contribution in [2.75, 3.05) is 24.5 Å². The van der Waals surface area contributed by atoms with Crippen LogP contribution in [0.3, 0.4) is 0 Å². The van der Waals surface area contributed by atoms with E-state index in [1.165, 1.54) is 30.4 Å². The van der Waals surface area contributed by atoms with E-state index in [2.05, 4.69) is 77.1 Å². The lowest BCUT2D eigenvalue weighted by Crippen LogP contribution is -2.37. The number of unbranched alkanes of at least 4 members (excludes halogenated alkanes) is 1. The molecule has 0 aliphatic carbocycles. The molecule has 0 bridgehead atoms. The van der Waals surface area contributed by atoms with Crippen molar-refractivity contribution in [2.45, 2.75) is 38.1 Å². The van der Waals surface area contributed by atoms with Crippen LogP contribution in [0.1, 0.15) is 49.3 Å². The maximum Gasteiger partial charge on any atom is 0.251 e. The zero-order chi connectivity index (χ0) is 25.0. The Hall–Kier alpha value is -3.50. The van der Waals surface area contributed by atoms with Crippen LogP contribution in [0.4, 0.5) is 5.69 Å². The normalized spacial score (nSPS) is 14.8. The van der Waals surface area contributed by atoms with Gasteiger partial charge in [-0.2, -0.15) is 0 Å². The molecule has 1 saturated heterocycles. The van der Waals surface area contributed by atoms with Crippen molar-refractivity contribution in [3.63, 3.8) is 0 Å². The number of piperidine rings is 1. The van der Waals surface area contributed by atoms with Gasteiger partial charge >= 0.3 is 0 Å². The molecule has 36 heavy (non-hydrogen) atoms. The highest BCUT2D eigenvalue weighted by Gasteiger charge is 2.27. The summed E-state index contributed by atoms with van der Waals surface area (Å²) in [5.74, 6) is 0.723. The van der Waals surface area contributed by atoms with Crippen LogP contribution in [-0.2, 0) is 4.79 Å². The standard InChI is InChI=1S/C32H37N3O/c1-2-3-19-31(36)35(30-18-12-22-33-26-30)23-11-10-13-27-20-24-34(25-21-27)32(28-14-6-4-7-15-28)29-16-8-5-9-17-29/h2-9,12,14-19,22,26-27,32H,1,10-11,13,20-21,23-25H2. The lowest BCUT2D eigenvalue weighted by atomic mass is 9.88. The van der Waals surface area contributed by atoms with Gasteiger partial charge in [0.05, 0.1) is 17.9 Å². The smallest absolute Gasteiger partial charge is 0.251 e. The molecule has 4 nitrogen and oxygen atoms in total. The second-order valence-corrected chi connectivity index (χ2v) is 9.49. The Morgan fingerprint density at radius 1 is 0.972 bits per heavy atom. The summed E-state index contributed by atoms with van der Waals surface area (Å²) in [4.78, 5) is 21.4. The summed E-state index contributed by atoms with van der Waals surface area (Å²) in [6, 6.07) is 25.9. The van der Waals surface area contributed by atoms with Crippen LogP contribution in [0.25, 0.3) is 0 Å². The molecule has 0 atom stereocenters. The lowest BCUT2D eigenvalue weighted by molar-refractivity contribution is -0.114. The molecule has 2 aromatic carbocycles. The molecular weight excluding hydrogens is 442 g/mol. The molecule has 0 spiro atoms. The largest absolute Gasteiger partial charge is 0.307 e. The van der Waals surface area contributed by atoms with Crippen molar-refractivity contribution in [1.29, 1.82) is 0 Å². The molecule has 4 heteroatoms. The molecule has 1 aromatic heterocycles. The van der Waals surface area contributed by atoms with Gasteiger partial charge in [0.25, 0.3) is 5.91 Å². The summed E-state index contributed by atoms with van der Waals surface area (Å²) in [7, 11) is 0. The van der Waals surface area contributed by atoms with Crippen molar-refractivity contribution in [3.05, 3.63) is 121 Å². The van der Waals surface area contributed by atoms with E-state index in [4.69, 9.17) is 0 Å². The van der Waals surface area contributed by atoms with E-state index >= 15 is 0 Å². The van der Waals surface area contributed by atoms with E-state index in [1.54, 1.807) is 30.6 Å². The number of likely N-dealkylation sites (tertiary alicyclic amines) is 1. The number of carbonyl (C=O) groups excluding carboxylic acids is 1. The van der Waals surface area contributed by atoms with Crippen molar-refractivity contribution in [1.82, 2.24) is 9.88 Å². The molecule has 1 amide bonds. The molecular formula is C32H37N3O. The predicted molar refractivity (Wildman–Crippen MR) is 149 cm³/mol. The van der Waals surface area contributed by atoms with Gasteiger partial charge in [-0.3, -0.25) is 14.7 Å². The highest BCUT2D eigenvalue weighted by atomic mass is 16.2. The number of rotatable bonds is 11. The molecule has 1 aliphatic heterocycles. The van der Waals surface area contributed by atoms with Gasteiger partial charge in [0.1, 0.15) is 0 Å². The number of hydrogen-bond acceptors (Lipinski definition) is 3. The molecule has 0 unspecified atom stereocenters. The number of hydrogen-bond donors (Lipinski definition) is 0. The molecule has 3 aromatic rings. The number of anilines is 1. The Labute approximate surface area is 216 Å². The molecule has 1 fully saturated rings. The molecule has 0 saturated carbocycles. The van der Waals surface area contributed by atoms with Crippen molar-refractivity contribution in [3.8, 4) is 0 Å². The Balaban J connectivity index is 1.29. The first-order chi connectivity index (χ1) is 17.8. The number of pyridine rings is 1. The maximum atomic E-state index is 12.7. The first-order valence-electron chi connectivity index (χ1n) is 13.1. The summed E-state index contributed by atoms with van der Waals surface area (Å²) in [5.41, 5.74) is 3.58. The molecule has 186 valence electrons. The molecule has 4 rings (SSSR count). The van der Waals surface area contributed by atoms with Gasteiger partial charge in [0, 0.05) is 18.8 Å². The monoisotopic (exact) mass is 479 g/mol. The molecule has 1 aliphatic rings. The van der Waals surface area contributed by atoms with Crippen LogP contribution < -0.4 is 4.90 Å². The Morgan fingerprint density at radius 3 is 2.22 bits per heavy atom. The number of aromatic nitrogens is 1. The van der Waals surface area contributed by atoms with Crippen LogP contribution in [0.5, 0.6) is 0 Å². The number of benzene rings is 2. The van der Waals surface area contributed by atoms with Crippen molar-refractivity contribution >= 4 is 11.6 Å². The van der Waals surface area contributed by atoms with Gasteiger partial charge in [0.2, 0.25) is 0 Å². The van der Waals surface area contributed by atoms with E-state index in [0.29, 0.717) is 12.6 Å². The minimum atomic E-state index is -0.0240. The number of allylic oxidation sites excluding steroid dienone is 2. The molecule has 2 heterocycles. The predicted octanol–water partition coefficient (Wildman–Crippen LogP) is 6.83. The Morgan fingerprint density at radius 2 is 1.64 bits per heavy atom.